The summed E-state index contributed by atoms with van der Waals surface area (Å²) < 4.78 is 18.3. The number of hydrogen-bond donors (Lipinski definition) is 0. The van der Waals surface area contributed by atoms with Crippen LogP contribution in [0.15, 0.2) is 22.7 Å². The van der Waals surface area contributed by atoms with Gasteiger partial charge in [0.2, 0.25) is 5.88 Å². The van der Waals surface area contributed by atoms with Crippen molar-refractivity contribution in [3.8, 4) is 5.88 Å². The molecule has 0 aliphatic carbocycles. The van der Waals surface area contributed by atoms with Gasteiger partial charge in [0.15, 0.2) is 0 Å². The first-order valence-electron chi connectivity index (χ1n) is 3.80. The molecule has 68 valence electrons. The van der Waals surface area contributed by atoms with Crippen LogP contribution in [0.1, 0.15) is 11.5 Å². The number of ether oxygens (including phenoxy) is 1. The number of rotatable bonds is 3. The quantitative estimate of drug-likeness (QED) is 0.753. The van der Waals surface area contributed by atoms with Crippen molar-refractivity contribution in [2.24, 2.45) is 0 Å². The van der Waals surface area contributed by atoms with Crippen LogP contribution < -0.4 is 4.74 Å². The highest BCUT2D eigenvalue weighted by molar-refractivity contribution is 6.99. The zero-order valence-corrected chi connectivity index (χ0v) is 7.87. The van der Waals surface area contributed by atoms with Gasteiger partial charge in [0.25, 0.3) is 0 Å². The monoisotopic (exact) mass is 196 g/mol. The Balaban J connectivity index is 1.93. The topological polar surface area (TPSA) is 48.2 Å². The van der Waals surface area contributed by atoms with E-state index in [1.54, 1.807) is 6.20 Å². The predicted octanol–water partition coefficient (Wildman–Crippen LogP) is 2.02. The molecule has 0 amide bonds. The lowest BCUT2D eigenvalue weighted by atomic mass is 10.4. The Morgan fingerprint density at radius 3 is 3.08 bits per heavy atom. The highest BCUT2D eigenvalue weighted by Crippen LogP contribution is 2.11. The van der Waals surface area contributed by atoms with Crippen molar-refractivity contribution in [2.75, 3.05) is 0 Å². The van der Waals surface area contributed by atoms with Crippen molar-refractivity contribution in [3.63, 3.8) is 0 Å². The van der Waals surface area contributed by atoms with Gasteiger partial charge in [0.1, 0.15) is 24.3 Å². The molecule has 0 aliphatic rings. The Labute approximate surface area is 79.5 Å². The highest BCUT2D eigenvalue weighted by atomic mass is 32.1. The summed E-state index contributed by atoms with van der Waals surface area (Å²) in [6.45, 7) is 2.30. The molecule has 0 bridgehead atoms. The first kappa shape index (κ1) is 8.25. The summed E-state index contributed by atoms with van der Waals surface area (Å²) in [5, 5.41) is 0. The van der Waals surface area contributed by atoms with E-state index in [-0.39, 0.29) is 0 Å². The smallest absolute Gasteiger partial charge is 0.246 e. The maximum atomic E-state index is 5.31. The van der Waals surface area contributed by atoms with Crippen molar-refractivity contribution < 1.29 is 9.15 Å². The van der Waals surface area contributed by atoms with Gasteiger partial charge in [0.05, 0.1) is 11.7 Å². The van der Waals surface area contributed by atoms with Gasteiger partial charge >= 0.3 is 0 Å². The third kappa shape index (κ3) is 2.06. The number of hydrogen-bond acceptors (Lipinski definition) is 5. The van der Waals surface area contributed by atoms with Crippen molar-refractivity contribution in [3.05, 3.63) is 29.9 Å². The molecule has 0 aromatic carbocycles. The second-order valence-electron chi connectivity index (χ2n) is 2.55. The van der Waals surface area contributed by atoms with E-state index in [1.807, 2.05) is 19.1 Å². The van der Waals surface area contributed by atoms with Crippen LogP contribution in [-0.2, 0) is 6.61 Å². The van der Waals surface area contributed by atoms with E-state index < -0.39 is 0 Å². The second-order valence-corrected chi connectivity index (χ2v) is 3.10. The van der Waals surface area contributed by atoms with Crippen molar-refractivity contribution in [1.82, 2.24) is 8.75 Å². The molecule has 0 radical (unpaired) electrons. The van der Waals surface area contributed by atoms with Crippen molar-refractivity contribution in [2.45, 2.75) is 13.5 Å². The minimum atomic E-state index is 0.402. The van der Waals surface area contributed by atoms with Gasteiger partial charge in [-0.2, -0.15) is 4.37 Å². The molecule has 0 spiro atoms. The maximum Gasteiger partial charge on any atom is 0.246 e. The molecule has 0 atom stereocenters. The van der Waals surface area contributed by atoms with E-state index in [4.69, 9.17) is 9.15 Å². The third-order valence-corrected chi connectivity index (χ3v) is 1.96. The number of aryl methyl sites for hydroxylation is 1. The Hall–Kier alpha value is -1.36. The summed E-state index contributed by atoms with van der Waals surface area (Å²) >= 11 is 1.12. The zero-order valence-electron chi connectivity index (χ0n) is 7.06. The van der Waals surface area contributed by atoms with Crippen LogP contribution in [0.4, 0.5) is 0 Å². The normalized spacial score (nSPS) is 10.2. The number of nitrogens with zero attached hydrogens (tertiary/aromatic N) is 2. The number of aromatic nitrogens is 2. The Morgan fingerprint density at radius 1 is 1.54 bits per heavy atom. The second kappa shape index (κ2) is 3.57. The average molecular weight is 196 g/mol. The minimum Gasteiger partial charge on any atom is -0.468 e. The minimum absolute atomic E-state index is 0.402. The molecular formula is C8H8N2O2S. The summed E-state index contributed by atoms with van der Waals surface area (Å²) in [4.78, 5) is 0. The van der Waals surface area contributed by atoms with Crippen molar-refractivity contribution in [1.29, 1.82) is 0 Å². The number of furan rings is 1. The molecule has 13 heavy (non-hydrogen) atoms. The Morgan fingerprint density at radius 2 is 2.46 bits per heavy atom. The summed E-state index contributed by atoms with van der Waals surface area (Å²) in [6.07, 6.45) is 1.58. The molecule has 2 aromatic rings. The van der Waals surface area contributed by atoms with E-state index in [9.17, 15) is 0 Å². The first-order valence-corrected chi connectivity index (χ1v) is 4.53. The first-order chi connectivity index (χ1) is 6.34. The summed E-state index contributed by atoms with van der Waals surface area (Å²) in [7, 11) is 0. The van der Waals surface area contributed by atoms with E-state index in [0.717, 1.165) is 23.2 Å². The SMILES string of the molecule is Cc1ccc(COc2cnsn2)o1. The lowest BCUT2D eigenvalue weighted by Crippen LogP contribution is -1.92. The molecular weight excluding hydrogens is 188 g/mol. The van der Waals surface area contributed by atoms with Gasteiger partial charge in [-0.25, -0.2) is 0 Å². The fourth-order valence-corrected chi connectivity index (χ4v) is 1.29. The van der Waals surface area contributed by atoms with Gasteiger partial charge < -0.3 is 9.15 Å². The van der Waals surface area contributed by atoms with Gasteiger partial charge in [-0.15, -0.1) is 4.37 Å². The van der Waals surface area contributed by atoms with Crippen LogP contribution in [-0.4, -0.2) is 8.75 Å². The Bertz CT molecular complexity index is 369. The molecule has 2 heterocycles. The van der Waals surface area contributed by atoms with Gasteiger partial charge in [-0.1, -0.05) is 0 Å². The molecule has 0 aliphatic heterocycles. The van der Waals surface area contributed by atoms with Crippen LogP contribution in [0.25, 0.3) is 0 Å². The van der Waals surface area contributed by atoms with Crippen LogP contribution in [0.3, 0.4) is 0 Å². The lowest BCUT2D eigenvalue weighted by molar-refractivity contribution is 0.260. The lowest BCUT2D eigenvalue weighted by Gasteiger charge is -1.97. The summed E-state index contributed by atoms with van der Waals surface area (Å²) in [5.41, 5.74) is 0. The molecule has 2 aromatic heterocycles. The van der Waals surface area contributed by atoms with E-state index >= 15 is 0 Å². The van der Waals surface area contributed by atoms with E-state index in [1.165, 1.54) is 0 Å². The van der Waals surface area contributed by atoms with E-state index in [2.05, 4.69) is 8.75 Å². The highest BCUT2D eigenvalue weighted by Gasteiger charge is 2.01. The summed E-state index contributed by atoms with van der Waals surface area (Å²) in [5.74, 6) is 2.22. The fraction of sp³-hybridized carbons (Fsp3) is 0.250. The van der Waals surface area contributed by atoms with Crippen LogP contribution in [0.5, 0.6) is 5.88 Å². The van der Waals surface area contributed by atoms with E-state index in [0.29, 0.717) is 12.5 Å². The largest absolute Gasteiger partial charge is 0.468 e. The predicted molar refractivity (Wildman–Crippen MR) is 47.7 cm³/mol. The zero-order chi connectivity index (χ0) is 9.10. The molecule has 0 saturated heterocycles. The third-order valence-electron chi connectivity index (χ3n) is 1.50. The standard InChI is InChI=1S/C8H8N2O2S/c1-6-2-3-7(12-6)5-11-8-4-9-13-10-8/h2-4H,5H2,1H3. The van der Waals surface area contributed by atoms with Gasteiger partial charge in [0, 0.05) is 0 Å². The summed E-state index contributed by atoms with van der Waals surface area (Å²) in [6, 6.07) is 3.78. The molecule has 0 unspecified atom stereocenters. The molecule has 2 rings (SSSR count). The molecule has 0 N–H and O–H groups in total. The molecule has 5 heteroatoms. The average Bonchev–Trinajstić information content (AvgIpc) is 2.71. The van der Waals surface area contributed by atoms with Crippen LogP contribution >= 0.6 is 11.7 Å². The fourth-order valence-electron chi connectivity index (χ4n) is 0.927. The Kier molecular flexibility index (Phi) is 2.27. The maximum absolute atomic E-state index is 5.31. The molecule has 0 saturated carbocycles. The van der Waals surface area contributed by atoms with Crippen LogP contribution in [0.2, 0.25) is 0 Å². The molecule has 4 nitrogen and oxygen atoms in total. The van der Waals surface area contributed by atoms with Crippen LogP contribution in [0, 0.1) is 6.92 Å². The van der Waals surface area contributed by atoms with Gasteiger partial charge in [-0.3, -0.25) is 0 Å². The van der Waals surface area contributed by atoms with Crippen molar-refractivity contribution >= 4 is 11.7 Å². The van der Waals surface area contributed by atoms with Gasteiger partial charge in [-0.05, 0) is 19.1 Å². The molecule has 0 fully saturated rings.